The van der Waals surface area contributed by atoms with E-state index >= 15 is 0 Å². The molecule has 6 nitrogen and oxygen atoms in total. The maximum atomic E-state index is 11.7. The van der Waals surface area contributed by atoms with E-state index in [0.717, 1.165) is 4.88 Å². The van der Waals surface area contributed by atoms with Crippen LogP contribution in [-0.4, -0.2) is 17.4 Å². The standard InChI is InChI=1S/C14H15N3O3S/c1-10-12(5-2-6-13(10)17(19)20)15-9-14(18)16-8-11-4-3-7-21-11/h2-7,15H,8-9H2,1H3,(H,16,18). The van der Waals surface area contributed by atoms with Gasteiger partial charge in [0, 0.05) is 22.2 Å². The Morgan fingerprint density at radius 1 is 1.33 bits per heavy atom. The summed E-state index contributed by atoms with van der Waals surface area (Å²) in [5.41, 5.74) is 1.16. The van der Waals surface area contributed by atoms with E-state index in [0.29, 0.717) is 17.8 Å². The van der Waals surface area contributed by atoms with Gasteiger partial charge in [-0.2, -0.15) is 0 Å². The van der Waals surface area contributed by atoms with E-state index in [1.54, 1.807) is 30.4 Å². The molecule has 2 N–H and O–H groups in total. The number of hydrogen-bond donors (Lipinski definition) is 2. The molecule has 0 saturated carbocycles. The van der Waals surface area contributed by atoms with Crippen LogP contribution in [-0.2, 0) is 11.3 Å². The number of nitrogens with zero attached hydrogens (tertiary/aromatic N) is 1. The molecule has 0 fully saturated rings. The van der Waals surface area contributed by atoms with Crippen molar-refractivity contribution >= 4 is 28.6 Å². The van der Waals surface area contributed by atoms with Crippen molar-refractivity contribution in [1.29, 1.82) is 0 Å². The Morgan fingerprint density at radius 2 is 2.14 bits per heavy atom. The number of hydrogen-bond acceptors (Lipinski definition) is 5. The SMILES string of the molecule is Cc1c(NCC(=O)NCc2cccs2)cccc1[N+](=O)[O-]. The quantitative estimate of drug-likeness (QED) is 0.635. The third-order valence-electron chi connectivity index (χ3n) is 2.98. The first-order valence-electron chi connectivity index (χ1n) is 6.35. The van der Waals surface area contributed by atoms with Gasteiger partial charge >= 0.3 is 0 Å². The number of rotatable bonds is 6. The van der Waals surface area contributed by atoms with Crippen molar-refractivity contribution in [3.05, 3.63) is 56.3 Å². The van der Waals surface area contributed by atoms with Gasteiger partial charge in [-0.25, -0.2) is 0 Å². The summed E-state index contributed by atoms with van der Waals surface area (Å²) in [6, 6.07) is 8.63. The fourth-order valence-electron chi connectivity index (χ4n) is 1.85. The van der Waals surface area contributed by atoms with Crippen molar-refractivity contribution in [3.8, 4) is 0 Å². The van der Waals surface area contributed by atoms with Crippen LogP contribution in [0.15, 0.2) is 35.7 Å². The average molecular weight is 305 g/mol. The van der Waals surface area contributed by atoms with Crippen molar-refractivity contribution in [2.45, 2.75) is 13.5 Å². The number of nitro groups is 1. The molecule has 7 heteroatoms. The van der Waals surface area contributed by atoms with Crippen LogP contribution in [0.5, 0.6) is 0 Å². The molecular weight excluding hydrogens is 290 g/mol. The van der Waals surface area contributed by atoms with Gasteiger partial charge in [0.25, 0.3) is 5.69 Å². The van der Waals surface area contributed by atoms with E-state index in [2.05, 4.69) is 10.6 Å². The maximum Gasteiger partial charge on any atom is 0.274 e. The van der Waals surface area contributed by atoms with Crippen LogP contribution < -0.4 is 10.6 Å². The Morgan fingerprint density at radius 3 is 2.81 bits per heavy atom. The van der Waals surface area contributed by atoms with Crippen molar-refractivity contribution in [2.24, 2.45) is 0 Å². The van der Waals surface area contributed by atoms with Crippen molar-refractivity contribution < 1.29 is 9.72 Å². The maximum absolute atomic E-state index is 11.7. The molecule has 2 rings (SSSR count). The largest absolute Gasteiger partial charge is 0.376 e. The molecule has 0 aliphatic carbocycles. The molecule has 1 aromatic carbocycles. The molecule has 0 spiro atoms. The summed E-state index contributed by atoms with van der Waals surface area (Å²) in [4.78, 5) is 23.2. The normalized spacial score (nSPS) is 10.1. The van der Waals surface area contributed by atoms with E-state index in [1.165, 1.54) is 6.07 Å². The van der Waals surface area contributed by atoms with Gasteiger partial charge in [-0.1, -0.05) is 12.1 Å². The Kier molecular flexibility index (Phi) is 4.89. The first-order valence-corrected chi connectivity index (χ1v) is 7.23. The van der Waals surface area contributed by atoms with E-state index in [-0.39, 0.29) is 18.1 Å². The smallest absolute Gasteiger partial charge is 0.274 e. The second kappa shape index (κ2) is 6.85. The molecule has 1 aromatic heterocycles. The molecule has 110 valence electrons. The predicted molar refractivity (Wildman–Crippen MR) is 82.5 cm³/mol. The molecule has 0 aliphatic rings. The molecule has 1 heterocycles. The molecule has 0 radical (unpaired) electrons. The first-order chi connectivity index (χ1) is 10.1. The second-order valence-electron chi connectivity index (χ2n) is 4.42. The zero-order valence-electron chi connectivity index (χ0n) is 11.5. The predicted octanol–water partition coefficient (Wildman–Crippen LogP) is 2.69. The van der Waals surface area contributed by atoms with Gasteiger partial charge in [-0.05, 0) is 24.4 Å². The van der Waals surface area contributed by atoms with Gasteiger partial charge in [-0.15, -0.1) is 11.3 Å². The zero-order chi connectivity index (χ0) is 15.2. The summed E-state index contributed by atoms with van der Waals surface area (Å²) >= 11 is 1.58. The minimum absolute atomic E-state index is 0.0407. The number of carbonyl (C=O) groups excluding carboxylic acids is 1. The van der Waals surface area contributed by atoms with Crippen LogP contribution in [0, 0.1) is 17.0 Å². The Labute approximate surface area is 126 Å². The van der Waals surface area contributed by atoms with E-state index in [9.17, 15) is 14.9 Å². The highest BCUT2D eigenvalue weighted by molar-refractivity contribution is 7.09. The minimum atomic E-state index is -0.433. The van der Waals surface area contributed by atoms with E-state index in [4.69, 9.17) is 0 Å². The second-order valence-corrected chi connectivity index (χ2v) is 5.45. The fraction of sp³-hybridized carbons (Fsp3) is 0.214. The van der Waals surface area contributed by atoms with Crippen LogP contribution in [0.1, 0.15) is 10.4 Å². The van der Waals surface area contributed by atoms with Gasteiger partial charge in [0.1, 0.15) is 0 Å². The number of amides is 1. The van der Waals surface area contributed by atoms with Crippen molar-refractivity contribution in [3.63, 3.8) is 0 Å². The summed E-state index contributed by atoms with van der Waals surface area (Å²) in [5.74, 6) is -0.158. The number of anilines is 1. The Bertz CT molecular complexity index is 641. The Balaban J connectivity index is 1.89. The summed E-state index contributed by atoms with van der Waals surface area (Å²) in [5, 5.41) is 18.5. The van der Waals surface area contributed by atoms with Crippen molar-refractivity contribution in [2.75, 3.05) is 11.9 Å². The van der Waals surface area contributed by atoms with Crippen LogP contribution in [0.25, 0.3) is 0 Å². The Hall–Kier alpha value is -2.41. The minimum Gasteiger partial charge on any atom is -0.376 e. The number of benzene rings is 1. The molecular formula is C14H15N3O3S. The number of nitrogens with one attached hydrogen (secondary N) is 2. The van der Waals surface area contributed by atoms with Gasteiger partial charge in [-0.3, -0.25) is 14.9 Å². The number of nitro benzene ring substituents is 1. The summed E-state index contributed by atoms with van der Waals surface area (Å²) in [6.45, 7) is 2.23. The average Bonchev–Trinajstić information content (AvgIpc) is 2.97. The van der Waals surface area contributed by atoms with Crippen LogP contribution in [0.2, 0.25) is 0 Å². The third kappa shape index (κ3) is 4.03. The summed E-state index contributed by atoms with van der Waals surface area (Å²) < 4.78 is 0. The highest BCUT2D eigenvalue weighted by atomic mass is 32.1. The lowest BCUT2D eigenvalue weighted by atomic mass is 10.1. The van der Waals surface area contributed by atoms with Gasteiger partial charge in [0.2, 0.25) is 5.91 Å². The van der Waals surface area contributed by atoms with E-state index in [1.807, 2.05) is 17.5 Å². The lowest BCUT2D eigenvalue weighted by Gasteiger charge is -2.09. The number of carbonyl (C=O) groups is 1. The van der Waals surface area contributed by atoms with Crippen molar-refractivity contribution in [1.82, 2.24) is 5.32 Å². The van der Waals surface area contributed by atoms with Crippen LogP contribution in [0.3, 0.4) is 0 Å². The summed E-state index contributed by atoms with van der Waals surface area (Å²) in [7, 11) is 0. The monoisotopic (exact) mass is 305 g/mol. The zero-order valence-corrected chi connectivity index (χ0v) is 12.3. The van der Waals surface area contributed by atoms with Crippen LogP contribution >= 0.6 is 11.3 Å². The topological polar surface area (TPSA) is 84.3 Å². The number of thiophene rings is 1. The highest BCUT2D eigenvalue weighted by Crippen LogP contribution is 2.24. The van der Waals surface area contributed by atoms with E-state index < -0.39 is 4.92 Å². The van der Waals surface area contributed by atoms with Gasteiger partial charge in [0.05, 0.1) is 18.0 Å². The molecule has 0 saturated heterocycles. The lowest BCUT2D eigenvalue weighted by Crippen LogP contribution is -2.29. The molecule has 0 unspecified atom stereocenters. The fourth-order valence-corrected chi connectivity index (χ4v) is 2.49. The van der Waals surface area contributed by atoms with Gasteiger partial charge in [0.15, 0.2) is 0 Å². The highest BCUT2D eigenvalue weighted by Gasteiger charge is 2.13. The molecule has 0 aliphatic heterocycles. The molecule has 1 amide bonds. The molecule has 21 heavy (non-hydrogen) atoms. The first kappa shape index (κ1) is 15.0. The molecule has 0 atom stereocenters. The third-order valence-corrected chi connectivity index (χ3v) is 3.86. The lowest BCUT2D eigenvalue weighted by molar-refractivity contribution is -0.385. The molecule has 2 aromatic rings. The van der Waals surface area contributed by atoms with Crippen LogP contribution in [0.4, 0.5) is 11.4 Å². The summed E-state index contributed by atoms with van der Waals surface area (Å²) in [6.07, 6.45) is 0. The molecule has 0 bridgehead atoms. The van der Waals surface area contributed by atoms with Gasteiger partial charge < -0.3 is 10.6 Å².